The predicted molar refractivity (Wildman–Crippen MR) is 66.0 cm³/mol. The Balaban J connectivity index is 2.57. The van der Waals surface area contributed by atoms with Crippen LogP contribution in [0.2, 0.25) is 0 Å². The lowest BCUT2D eigenvalue weighted by atomic mass is 10.1. The Kier molecular flexibility index (Phi) is 3.34. The zero-order valence-corrected chi connectivity index (χ0v) is 11.2. The van der Waals surface area contributed by atoms with Gasteiger partial charge in [0.1, 0.15) is 6.61 Å². The van der Waals surface area contributed by atoms with Gasteiger partial charge >= 0.3 is 0 Å². The van der Waals surface area contributed by atoms with Crippen LogP contribution in [0.5, 0.6) is 11.5 Å². The van der Waals surface area contributed by atoms with Crippen LogP contribution in [0.25, 0.3) is 0 Å². The summed E-state index contributed by atoms with van der Waals surface area (Å²) in [5, 5.41) is 0. The van der Waals surface area contributed by atoms with Crippen LogP contribution in [0.4, 0.5) is 8.78 Å². The number of ether oxygens (including phenoxy) is 3. The van der Waals surface area contributed by atoms with Crippen molar-refractivity contribution in [1.29, 1.82) is 0 Å². The minimum Gasteiger partial charge on any atom is -0.493 e. The zero-order valence-electron chi connectivity index (χ0n) is 11.2. The van der Waals surface area contributed by atoms with E-state index in [-0.39, 0.29) is 23.0 Å². The second-order valence-corrected chi connectivity index (χ2v) is 4.81. The molecule has 0 spiro atoms. The highest BCUT2D eigenvalue weighted by Crippen LogP contribution is 2.35. The summed E-state index contributed by atoms with van der Waals surface area (Å²) >= 11 is 0. The molecular formula is C13H15F2NO3. The van der Waals surface area contributed by atoms with Gasteiger partial charge in [-0.25, -0.2) is 9.38 Å². The summed E-state index contributed by atoms with van der Waals surface area (Å²) in [5.41, 5.74) is -0.522. The van der Waals surface area contributed by atoms with Gasteiger partial charge in [-0.15, -0.1) is 0 Å². The number of rotatable bonds is 3. The summed E-state index contributed by atoms with van der Waals surface area (Å²) in [6.45, 7) is 4.00. The van der Waals surface area contributed by atoms with Crippen LogP contribution in [0, 0.1) is 11.6 Å². The highest BCUT2D eigenvalue weighted by atomic mass is 19.2. The first-order valence-corrected chi connectivity index (χ1v) is 5.72. The van der Waals surface area contributed by atoms with Gasteiger partial charge in [-0.3, -0.25) is 0 Å². The minimum atomic E-state index is -1.12. The van der Waals surface area contributed by atoms with Crippen molar-refractivity contribution >= 4 is 5.90 Å². The van der Waals surface area contributed by atoms with Gasteiger partial charge in [-0.1, -0.05) is 0 Å². The van der Waals surface area contributed by atoms with Crippen molar-refractivity contribution in [2.75, 3.05) is 20.8 Å². The number of hydrogen-bond donors (Lipinski definition) is 0. The average molecular weight is 271 g/mol. The lowest BCUT2D eigenvalue weighted by molar-refractivity contribution is 0.278. The van der Waals surface area contributed by atoms with Crippen LogP contribution in [-0.4, -0.2) is 32.3 Å². The monoisotopic (exact) mass is 271 g/mol. The first-order chi connectivity index (χ1) is 8.89. The van der Waals surface area contributed by atoms with Gasteiger partial charge in [0.15, 0.2) is 17.3 Å². The van der Waals surface area contributed by atoms with Crippen LogP contribution in [-0.2, 0) is 4.74 Å². The molecule has 0 fully saturated rings. The molecule has 0 unspecified atom stereocenters. The summed E-state index contributed by atoms with van der Waals surface area (Å²) in [6, 6.07) is 1.32. The molecule has 104 valence electrons. The normalized spacial score (nSPS) is 16.8. The van der Waals surface area contributed by atoms with E-state index >= 15 is 0 Å². The van der Waals surface area contributed by atoms with E-state index in [0.717, 1.165) is 0 Å². The second-order valence-electron chi connectivity index (χ2n) is 4.81. The smallest absolute Gasteiger partial charge is 0.220 e. The molecular weight excluding hydrogens is 256 g/mol. The second kappa shape index (κ2) is 4.68. The van der Waals surface area contributed by atoms with Gasteiger partial charge in [0.05, 0.1) is 25.3 Å². The number of hydrogen-bond acceptors (Lipinski definition) is 4. The van der Waals surface area contributed by atoms with Crippen LogP contribution in [0.1, 0.15) is 19.4 Å². The van der Waals surface area contributed by atoms with Crippen LogP contribution >= 0.6 is 0 Å². The van der Waals surface area contributed by atoms with E-state index in [9.17, 15) is 8.78 Å². The van der Waals surface area contributed by atoms with Crippen molar-refractivity contribution < 1.29 is 23.0 Å². The molecule has 0 aliphatic carbocycles. The van der Waals surface area contributed by atoms with Gasteiger partial charge in [0.25, 0.3) is 0 Å². The van der Waals surface area contributed by atoms with E-state index in [4.69, 9.17) is 14.2 Å². The first kappa shape index (κ1) is 13.6. The highest BCUT2D eigenvalue weighted by molar-refractivity contribution is 5.96. The Hall–Kier alpha value is -1.85. The molecule has 2 rings (SSSR count). The quantitative estimate of drug-likeness (QED) is 0.848. The van der Waals surface area contributed by atoms with Crippen molar-refractivity contribution in [2.24, 2.45) is 4.99 Å². The third-order valence-electron chi connectivity index (χ3n) is 2.75. The molecule has 0 saturated carbocycles. The fourth-order valence-corrected chi connectivity index (χ4v) is 1.81. The molecule has 0 atom stereocenters. The van der Waals surface area contributed by atoms with Gasteiger partial charge in [-0.05, 0) is 19.9 Å². The molecule has 4 nitrogen and oxygen atoms in total. The summed E-state index contributed by atoms with van der Waals surface area (Å²) in [7, 11) is 2.59. The number of methoxy groups -OCH3 is 2. The van der Waals surface area contributed by atoms with E-state index in [1.807, 2.05) is 13.8 Å². The van der Waals surface area contributed by atoms with Gasteiger partial charge in [0, 0.05) is 0 Å². The minimum absolute atomic E-state index is 0.0688. The number of nitrogens with zero attached hydrogens (tertiary/aromatic N) is 1. The summed E-state index contributed by atoms with van der Waals surface area (Å²) in [6.07, 6.45) is 0. The average Bonchev–Trinajstić information content (AvgIpc) is 2.72. The molecule has 0 amide bonds. The third kappa shape index (κ3) is 2.34. The topological polar surface area (TPSA) is 40.0 Å². The summed E-state index contributed by atoms with van der Waals surface area (Å²) in [5.74, 6) is -2.29. The molecule has 1 aliphatic heterocycles. The van der Waals surface area contributed by atoms with Crippen molar-refractivity contribution in [3.8, 4) is 11.5 Å². The summed E-state index contributed by atoms with van der Waals surface area (Å²) < 4.78 is 42.9. The maximum absolute atomic E-state index is 14.0. The van der Waals surface area contributed by atoms with E-state index in [2.05, 4.69) is 4.99 Å². The first-order valence-electron chi connectivity index (χ1n) is 5.72. The van der Waals surface area contributed by atoms with Crippen LogP contribution in [0.3, 0.4) is 0 Å². The highest BCUT2D eigenvalue weighted by Gasteiger charge is 2.31. The molecule has 6 heteroatoms. The maximum Gasteiger partial charge on any atom is 0.220 e. The maximum atomic E-state index is 14.0. The summed E-state index contributed by atoms with van der Waals surface area (Å²) in [4.78, 5) is 4.21. The van der Waals surface area contributed by atoms with E-state index < -0.39 is 17.2 Å². The van der Waals surface area contributed by atoms with Crippen molar-refractivity contribution in [3.05, 3.63) is 23.3 Å². The third-order valence-corrected chi connectivity index (χ3v) is 2.75. The van der Waals surface area contributed by atoms with Crippen molar-refractivity contribution in [3.63, 3.8) is 0 Å². The molecule has 0 radical (unpaired) electrons. The molecule has 0 N–H and O–H groups in total. The van der Waals surface area contributed by atoms with Crippen molar-refractivity contribution in [1.82, 2.24) is 0 Å². The van der Waals surface area contributed by atoms with Gasteiger partial charge in [0.2, 0.25) is 11.7 Å². The van der Waals surface area contributed by atoms with Crippen LogP contribution in [0.15, 0.2) is 11.1 Å². The van der Waals surface area contributed by atoms with Gasteiger partial charge in [-0.2, -0.15) is 4.39 Å². The molecule has 0 aromatic heterocycles. The Bertz CT molecular complexity index is 541. The number of aliphatic imine (C=N–C) groups is 1. The predicted octanol–water partition coefficient (Wildman–Crippen LogP) is 2.54. The van der Waals surface area contributed by atoms with E-state index in [1.54, 1.807) is 0 Å². The Morgan fingerprint density at radius 3 is 2.37 bits per heavy atom. The Labute approximate surface area is 110 Å². The standard InChI is InChI=1S/C13H15F2NO3/c1-13(2)6-19-12(16-13)7-5-8(17-3)11(18-4)10(15)9(7)14/h5H,6H2,1-4H3. The molecule has 19 heavy (non-hydrogen) atoms. The van der Waals surface area contributed by atoms with Gasteiger partial charge < -0.3 is 14.2 Å². The van der Waals surface area contributed by atoms with E-state index in [0.29, 0.717) is 6.61 Å². The van der Waals surface area contributed by atoms with Crippen LogP contribution < -0.4 is 9.47 Å². The lowest BCUT2D eigenvalue weighted by Gasteiger charge is -2.12. The van der Waals surface area contributed by atoms with E-state index in [1.165, 1.54) is 20.3 Å². The zero-order chi connectivity index (χ0) is 14.2. The Morgan fingerprint density at radius 2 is 1.89 bits per heavy atom. The molecule has 0 bridgehead atoms. The lowest BCUT2D eigenvalue weighted by Crippen LogP contribution is -2.17. The number of benzene rings is 1. The Morgan fingerprint density at radius 1 is 1.21 bits per heavy atom. The molecule has 1 heterocycles. The molecule has 1 aromatic carbocycles. The SMILES string of the molecule is COc1cc(C2=NC(C)(C)CO2)c(F)c(F)c1OC. The molecule has 1 aliphatic rings. The molecule has 0 saturated heterocycles. The fraction of sp³-hybridized carbons (Fsp3) is 0.462. The largest absolute Gasteiger partial charge is 0.493 e. The molecule has 1 aromatic rings. The fourth-order valence-electron chi connectivity index (χ4n) is 1.81. The number of halogens is 2. The van der Waals surface area contributed by atoms with Crippen molar-refractivity contribution in [2.45, 2.75) is 19.4 Å².